The van der Waals surface area contributed by atoms with Gasteiger partial charge in [0, 0.05) is 7.05 Å². The van der Waals surface area contributed by atoms with Crippen LogP contribution < -0.4 is 0 Å². The average Bonchev–Trinajstić information content (AvgIpc) is 2.77. The Morgan fingerprint density at radius 2 is 1.95 bits per heavy atom. The van der Waals surface area contributed by atoms with Gasteiger partial charge in [-0.2, -0.15) is 5.10 Å². The van der Waals surface area contributed by atoms with Crippen LogP contribution in [0, 0.1) is 17.5 Å². The summed E-state index contributed by atoms with van der Waals surface area (Å²) in [6.07, 6.45) is 0. The minimum Gasteiger partial charge on any atom is -0.476 e. The number of aromatic nitrogens is 2. The number of hydrogen-bond donors (Lipinski definition) is 1. The van der Waals surface area contributed by atoms with E-state index in [2.05, 4.69) is 21.0 Å². The highest BCUT2D eigenvalue weighted by atomic mass is 79.9. The zero-order valence-corrected chi connectivity index (χ0v) is 12.1. The van der Waals surface area contributed by atoms with Gasteiger partial charge in [-0.1, -0.05) is 11.6 Å². The molecule has 106 valence electrons. The number of halogens is 5. The van der Waals surface area contributed by atoms with Crippen LogP contribution in [0.15, 0.2) is 10.5 Å². The summed E-state index contributed by atoms with van der Waals surface area (Å²) in [7, 11) is 1.30. The van der Waals surface area contributed by atoms with Crippen molar-refractivity contribution in [1.29, 1.82) is 0 Å². The highest BCUT2D eigenvalue weighted by Crippen LogP contribution is 2.38. The molecule has 1 N–H and O–H groups in total. The highest BCUT2D eigenvalue weighted by Gasteiger charge is 2.26. The molecule has 1 aromatic carbocycles. The predicted octanol–water partition coefficient (Wildman–Crippen LogP) is 3.62. The largest absolute Gasteiger partial charge is 0.476 e. The Bertz CT molecular complexity index is 704. The predicted molar refractivity (Wildman–Crippen MR) is 68.2 cm³/mol. The Morgan fingerprint density at radius 1 is 1.35 bits per heavy atom. The van der Waals surface area contributed by atoms with Crippen LogP contribution in [0.5, 0.6) is 0 Å². The second kappa shape index (κ2) is 5.10. The molecule has 4 nitrogen and oxygen atoms in total. The fourth-order valence-electron chi connectivity index (χ4n) is 1.64. The molecule has 0 saturated carbocycles. The Kier molecular flexibility index (Phi) is 3.79. The van der Waals surface area contributed by atoms with Crippen LogP contribution in [-0.4, -0.2) is 20.9 Å². The van der Waals surface area contributed by atoms with Crippen molar-refractivity contribution in [3.05, 3.63) is 38.7 Å². The third kappa shape index (κ3) is 2.18. The standard InChI is InChI=1S/C11H5BrClF3N2O2/c1-18-4(2-3(17-18)11(19)20)5-7(13)9(15)6(12)10(16)8(5)14/h2H,1H3,(H,19,20). The molecule has 0 bridgehead atoms. The Balaban J connectivity index is 2.80. The van der Waals surface area contributed by atoms with E-state index in [4.69, 9.17) is 16.7 Å². The number of aromatic carboxylic acids is 1. The van der Waals surface area contributed by atoms with Gasteiger partial charge in [-0.05, 0) is 22.0 Å². The maximum absolute atomic E-state index is 13.9. The van der Waals surface area contributed by atoms with Gasteiger partial charge in [-0.3, -0.25) is 4.68 Å². The number of carbonyl (C=O) groups is 1. The number of carboxylic acids is 1. The third-order valence-electron chi connectivity index (χ3n) is 2.56. The zero-order valence-electron chi connectivity index (χ0n) is 9.72. The molecule has 0 aliphatic heterocycles. The van der Waals surface area contributed by atoms with Gasteiger partial charge in [-0.15, -0.1) is 0 Å². The molecule has 1 heterocycles. The summed E-state index contributed by atoms with van der Waals surface area (Å²) in [5, 5.41) is 11.7. The Labute approximate surface area is 123 Å². The zero-order chi connectivity index (χ0) is 15.2. The molecule has 0 aliphatic carbocycles. The normalized spacial score (nSPS) is 10.9. The smallest absolute Gasteiger partial charge is 0.356 e. The first kappa shape index (κ1) is 14.9. The highest BCUT2D eigenvalue weighted by molar-refractivity contribution is 9.10. The monoisotopic (exact) mass is 368 g/mol. The van der Waals surface area contributed by atoms with Crippen molar-refractivity contribution in [3.63, 3.8) is 0 Å². The first-order valence-electron chi connectivity index (χ1n) is 5.04. The molecule has 0 spiro atoms. The SMILES string of the molecule is Cn1nc(C(=O)O)cc1-c1c(F)c(F)c(Br)c(F)c1Cl. The van der Waals surface area contributed by atoms with Crippen LogP contribution in [-0.2, 0) is 7.05 Å². The summed E-state index contributed by atoms with van der Waals surface area (Å²) >= 11 is 8.21. The van der Waals surface area contributed by atoms with E-state index in [1.807, 2.05) is 0 Å². The van der Waals surface area contributed by atoms with Gasteiger partial charge in [0.05, 0.1) is 20.8 Å². The van der Waals surface area contributed by atoms with Gasteiger partial charge < -0.3 is 5.11 Å². The lowest BCUT2D eigenvalue weighted by Crippen LogP contribution is -2.02. The van der Waals surface area contributed by atoms with Crippen molar-refractivity contribution >= 4 is 33.5 Å². The summed E-state index contributed by atoms with van der Waals surface area (Å²) < 4.78 is 41.4. The summed E-state index contributed by atoms with van der Waals surface area (Å²) in [6, 6.07) is 0.972. The number of aryl methyl sites for hydroxylation is 1. The minimum absolute atomic E-state index is 0.157. The molecular weight excluding hydrogens is 364 g/mol. The fourth-order valence-corrected chi connectivity index (χ4v) is 2.40. The second-order valence-electron chi connectivity index (χ2n) is 3.79. The number of hydrogen-bond acceptors (Lipinski definition) is 2. The number of rotatable bonds is 2. The third-order valence-corrected chi connectivity index (χ3v) is 3.62. The molecule has 9 heteroatoms. The van der Waals surface area contributed by atoms with Gasteiger partial charge in [0.1, 0.15) is 0 Å². The maximum Gasteiger partial charge on any atom is 0.356 e. The second-order valence-corrected chi connectivity index (χ2v) is 4.96. The maximum atomic E-state index is 13.9. The van der Waals surface area contributed by atoms with E-state index < -0.39 is 44.2 Å². The number of carboxylic acid groups (broad SMARTS) is 1. The van der Waals surface area contributed by atoms with E-state index in [-0.39, 0.29) is 5.69 Å². The molecule has 1 aromatic heterocycles. The van der Waals surface area contributed by atoms with Crippen LogP contribution >= 0.6 is 27.5 Å². The lowest BCUT2D eigenvalue weighted by molar-refractivity contribution is 0.0689. The molecule has 0 aliphatic rings. The van der Waals surface area contributed by atoms with Crippen molar-refractivity contribution in [2.24, 2.45) is 7.05 Å². The molecule has 0 fully saturated rings. The Morgan fingerprint density at radius 3 is 2.45 bits per heavy atom. The van der Waals surface area contributed by atoms with E-state index >= 15 is 0 Å². The first-order valence-corrected chi connectivity index (χ1v) is 6.22. The molecule has 0 amide bonds. The summed E-state index contributed by atoms with van der Waals surface area (Å²) in [6.45, 7) is 0. The van der Waals surface area contributed by atoms with Gasteiger partial charge in [0.25, 0.3) is 0 Å². The van der Waals surface area contributed by atoms with Crippen molar-refractivity contribution in [1.82, 2.24) is 9.78 Å². The van der Waals surface area contributed by atoms with Gasteiger partial charge in [-0.25, -0.2) is 18.0 Å². The first-order chi connectivity index (χ1) is 9.25. The van der Waals surface area contributed by atoms with Crippen LogP contribution in [0.25, 0.3) is 11.3 Å². The topological polar surface area (TPSA) is 55.1 Å². The summed E-state index contributed by atoms with van der Waals surface area (Å²) in [4.78, 5) is 10.8. The van der Waals surface area contributed by atoms with Crippen LogP contribution in [0.2, 0.25) is 5.02 Å². The molecular formula is C11H5BrClF3N2O2. The van der Waals surface area contributed by atoms with E-state index in [1.165, 1.54) is 7.05 Å². The van der Waals surface area contributed by atoms with E-state index in [9.17, 15) is 18.0 Å². The molecule has 0 radical (unpaired) electrons. The number of benzene rings is 1. The van der Waals surface area contributed by atoms with Crippen molar-refractivity contribution in [2.75, 3.05) is 0 Å². The number of nitrogens with zero attached hydrogens (tertiary/aromatic N) is 2. The van der Waals surface area contributed by atoms with Gasteiger partial charge >= 0.3 is 5.97 Å². The van der Waals surface area contributed by atoms with Crippen LogP contribution in [0.1, 0.15) is 10.5 Å². The Hall–Kier alpha value is -1.54. The van der Waals surface area contributed by atoms with Crippen molar-refractivity contribution < 1.29 is 23.1 Å². The fraction of sp³-hybridized carbons (Fsp3) is 0.0909. The molecule has 2 aromatic rings. The average molecular weight is 370 g/mol. The molecule has 2 rings (SSSR count). The lowest BCUT2D eigenvalue weighted by atomic mass is 10.1. The minimum atomic E-state index is -1.46. The van der Waals surface area contributed by atoms with Crippen molar-refractivity contribution in [2.45, 2.75) is 0 Å². The quantitative estimate of drug-likeness (QED) is 0.650. The van der Waals surface area contributed by atoms with E-state index in [0.29, 0.717) is 0 Å². The molecule has 0 saturated heterocycles. The van der Waals surface area contributed by atoms with Gasteiger partial charge in [0.15, 0.2) is 23.1 Å². The summed E-state index contributed by atoms with van der Waals surface area (Å²) in [5.41, 5.74) is -1.15. The summed E-state index contributed by atoms with van der Waals surface area (Å²) in [5.74, 6) is -5.40. The van der Waals surface area contributed by atoms with Gasteiger partial charge in [0.2, 0.25) is 0 Å². The lowest BCUT2D eigenvalue weighted by Gasteiger charge is -2.09. The molecule has 0 unspecified atom stereocenters. The van der Waals surface area contributed by atoms with E-state index in [0.717, 1.165) is 10.7 Å². The van der Waals surface area contributed by atoms with Crippen molar-refractivity contribution in [3.8, 4) is 11.3 Å². The van der Waals surface area contributed by atoms with Crippen LogP contribution in [0.4, 0.5) is 13.2 Å². The van der Waals surface area contributed by atoms with E-state index in [1.54, 1.807) is 0 Å². The van der Waals surface area contributed by atoms with Crippen LogP contribution in [0.3, 0.4) is 0 Å². The molecule has 20 heavy (non-hydrogen) atoms. The molecule has 0 atom stereocenters.